The van der Waals surface area contributed by atoms with Crippen molar-refractivity contribution in [1.82, 2.24) is 14.9 Å². The van der Waals surface area contributed by atoms with Gasteiger partial charge in [-0.1, -0.05) is 17.7 Å². The number of rotatable bonds is 3. The van der Waals surface area contributed by atoms with Gasteiger partial charge in [0.2, 0.25) is 5.95 Å². The standard InChI is InChI=1S/C19H22ClN5O/c20-16-4-3-5-17(12-16)23-8-10-24(11-9-23)18(26)15-13-21-19(22-14-15)25-6-1-2-7-25/h3-5,12-14H,1-2,6-11H2. The smallest absolute Gasteiger partial charge is 0.257 e. The van der Waals surface area contributed by atoms with Crippen LogP contribution >= 0.6 is 11.6 Å². The number of piperazine rings is 1. The molecule has 1 amide bonds. The van der Waals surface area contributed by atoms with Crippen molar-refractivity contribution >= 4 is 29.1 Å². The number of aromatic nitrogens is 2. The van der Waals surface area contributed by atoms with Crippen molar-refractivity contribution in [2.24, 2.45) is 0 Å². The van der Waals surface area contributed by atoms with Gasteiger partial charge in [0.05, 0.1) is 5.56 Å². The fraction of sp³-hybridized carbons (Fsp3) is 0.421. The molecule has 0 spiro atoms. The molecule has 2 aromatic rings. The van der Waals surface area contributed by atoms with E-state index in [0.717, 1.165) is 42.8 Å². The molecule has 1 aromatic heterocycles. The summed E-state index contributed by atoms with van der Waals surface area (Å²) >= 11 is 6.07. The van der Waals surface area contributed by atoms with E-state index in [0.29, 0.717) is 18.7 Å². The van der Waals surface area contributed by atoms with Crippen molar-refractivity contribution < 1.29 is 4.79 Å². The molecule has 2 fully saturated rings. The first-order valence-corrected chi connectivity index (χ1v) is 9.45. The highest BCUT2D eigenvalue weighted by Crippen LogP contribution is 2.21. The molecule has 0 radical (unpaired) electrons. The Morgan fingerprint density at radius 3 is 2.27 bits per heavy atom. The summed E-state index contributed by atoms with van der Waals surface area (Å²) in [6.07, 6.45) is 5.68. The molecular formula is C19H22ClN5O. The molecule has 0 N–H and O–H groups in total. The predicted octanol–water partition coefficient (Wildman–Crippen LogP) is 2.69. The van der Waals surface area contributed by atoms with Crippen LogP contribution in [0.2, 0.25) is 5.02 Å². The van der Waals surface area contributed by atoms with Crippen molar-refractivity contribution in [3.05, 3.63) is 47.2 Å². The van der Waals surface area contributed by atoms with Crippen molar-refractivity contribution in [1.29, 1.82) is 0 Å². The van der Waals surface area contributed by atoms with E-state index in [9.17, 15) is 4.79 Å². The van der Waals surface area contributed by atoms with E-state index in [1.54, 1.807) is 12.4 Å². The molecule has 2 aliphatic heterocycles. The van der Waals surface area contributed by atoms with Crippen molar-refractivity contribution in [2.75, 3.05) is 49.1 Å². The van der Waals surface area contributed by atoms with E-state index in [2.05, 4.69) is 19.8 Å². The van der Waals surface area contributed by atoms with Gasteiger partial charge < -0.3 is 14.7 Å². The molecule has 2 aliphatic rings. The third-order valence-corrected chi connectivity index (χ3v) is 5.25. The van der Waals surface area contributed by atoms with E-state index in [1.807, 2.05) is 29.2 Å². The van der Waals surface area contributed by atoms with Crippen molar-refractivity contribution in [3.63, 3.8) is 0 Å². The van der Waals surface area contributed by atoms with Gasteiger partial charge in [-0.2, -0.15) is 0 Å². The van der Waals surface area contributed by atoms with E-state index in [-0.39, 0.29) is 5.91 Å². The number of carbonyl (C=O) groups excluding carboxylic acids is 1. The molecule has 3 heterocycles. The average molecular weight is 372 g/mol. The molecular weight excluding hydrogens is 350 g/mol. The van der Waals surface area contributed by atoms with Crippen LogP contribution in [0.3, 0.4) is 0 Å². The first kappa shape index (κ1) is 17.1. The lowest BCUT2D eigenvalue weighted by Gasteiger charge is -2.36. The number of nitrogens with zero attached hydrogens (tertiary/aromatic N) is 5. The van der Waals surface area contributed by atoms with Crippen molar-refractivity contribution in [3.8, 4) is 0 Å². The van der Waals surface area contributed by atoms with Gasteiger partial charge in [0, 0.05) is 62.4 Å². The van der Waals surface area contributed by atoms with Crippen molar-refractivity contribution in [2.45, 2.75) is 12.8 Å². The Bertz CT molecular complexity index is 768. The molecule has 0 aliphatic carbocycles. The molecule has 7 heteroatoms. The zero-order valence-electron chi connectivity index (χ0n) is 14.6. The number of benzene rings is 1. The van der Waals surface area contributed by atoms with Crippen LogP contribution in [-0.4, -0.2) is 60.0 Å². The summed E-state index contributed by atoms with van der Waals surface area (Å²) in [6, 6.07) is 7.84. The second kappa shape index (κ2) is 7.50. The molecule has 26 heavy (non-hydrogen) atoms. The highest BCUT2D eigenvalue weighted by molar-refractivity contribution is 6.30. The van der Waals surface area contributed by atoms with Gasteiger partial charge in [-0.25, -0.2) is 9.97 Å². The van der Waals surface area contributed by atoms with Crippen LogP contribution in [0, 0.1) is 0 Å². The highest BCUT2D eigenvalue weighted by atomic mass is 35.5. The van der Waals surface area contributed by atoms with Gasteiger partial charge in [0.15, 0.2) is 0 Å². The van der Waals surface area contributed by atoms with E-state index >= 15 is 0 Å². The summed E-state index contributed by atoms with van der Waals surface area (Å²) in [5, 5.41) is 0.733. The summed E-state index contributed by atoms with van der Waals surface area (Å²) in [5.41, 5.74) is 1.66. The molecule has 0 saturated carbocycles. The van der Waals surface area contributed by atoms with E-state index in [4.69, 9.17) is 11.6 Å². The molecule has 1 aromatic carbocycles. The first-order chi connectivity index (χ1) is 12.7. The lowest BCUT2D eigenvalue weighted by atomic mass is 10.2. The van der Waals surface area contributed by atoms with E-state index in [1.165, 1.54) is 12.8 Å². The fourth-order valence-corrected chi connectivity index (χ4v) is 3.72. The average Bonchev–Trinajstić information content (AvgIpc) is 3.23. The van der Waals surface area contributed by atoms with Crippen LogP contribution in [0.25, 0.3) is 0 Å². The second-order valence-electron chi connectivity index (χ2n) is 6.73. The molecule has 0 unspecified atom stereocenters. The van der Waals surface area contributed by atoms with Crippen LogP contribution in [0.15, 0.2) is 36.7 Å². The normalized spacial score (nSPS) is 17.7. The second-order valence-corrected chi connectivity index (χ2v) is 7.16. The Balaban J connectivity index is 1.37. The predicted molar refractivity (Wildman–Crippen MR) is 103 cm³/mol. The van der Waals surface area contributed by atoms with Crippen LogP contribution < -0.4 is 9.80 Å². The molecule has 6 nitrogen and oxygen atoms in total. The third-order valence-electron chi connectivity index (χ3n) is 5.01. The monoisotopic (exact) mass is 371 g/mol. The summed E-state index contributed by atoms with van der Waals surface area (Å²) < 4.78 is 0. The quantitative estimate of drug-likeness (QED) is 0.830. The summed E-state index contributed by atoms with van der Waals surface area (Å²) in [6.45, 7) is 4.94. The summed E-state index contributed by atoms with van der Waals surface area (Å²) in [7, 11) is 0. The number of hydrogen-bond acceptors (Lipinski definition) is 5. The van der Waals surface area contributed by atoms with Gasteiger partial charge in [0.25, 0.3) is 5.91 Å². The Kier molecular flexibility index (Phi) is 4.93. The van der Waals surface area contributed by atoms with Gasteiger partial charge in [-0.05, 0) is 31.0 Å². The third kappa shape index (κ3) is 3.60. The van der Waals surface area contributed by atoms with Gasteiger partial charge >= 0.3 is 0 Å². The number of anilines is 2. The number of amides is 1. The highest BCUT2D eigenvalue weighted by Gasteiger charge is 2.23. The Labute approximate surface area is 158 Å². The van der Waals surface area contributed by atoms with Crippen LogP contribution in [0.4, 0.5) is 11.6 Å². The van der Waals surface area contributed by atoms with E-state index < -0.39 is 0 Å². The topological polar surface area (TPSA) is 52.6 Å². The van der Waals surface area contributed by atoms with Gasteiger partial charge in [-0.15, -0.1) is 0 Å². The van der Waals surface area contributed by atoms with Crippen LogP contribution in [-0.2, 0) is 0 Å². The first-order valence-electron chi connectivity index (χ1n) is 9.07. The molecule has 4 rings (SSSR count). The maximum absolute atomic E-state index is 12.7. The maximum Gasteiger partial charge on any atom is 0.257 e. The van der Waals surface area contributed by atoms with Gasteiger partial charge in [-0.3, -0.25) is 4.79 Å². The SMILES string of the molecule is O=C(c1cnc(N2CCCC2)nc1)N1CCN(c2cccc(Cl)c2)CC1. The molecule has 0 bridgehead atoms. The molecule has 0 atom stereocenters. The minimum absolute atomic E-state index is 0.00344. The Morgan fingerprint density at radius 1 is 0.923 bits per heavy atom. The van der Waals surface area contributed by atoms with Crippen LogP contribution in [0.5, 0.6) is 0 Å². The van der Waals surface area contributed by atoms with Gasteiger partial charge in [0.1, 0.15) is 0 Å². The molecule has 136 valence electrons. The largest absolute Gasteiger partial charge is 0.368 e. The Hall–Kier alpha value is -2.34. The fourth-order valence-electron chi connectivity index (χ4n) is 3.54. The zero-order chi connectivity index (χ0) is 17.9. The summed E-state index contributed by atoms with van der Waals surface area (Å²) in [4.78, 5) is 27.8. The lowest BCUT2D eigenvalue weighted by molar-refractivity contribution is 0.0746. The minimum Gasteiger partial charge on any atom is -0.368 e. The maximum atomic E-state index is 12.7. The van der Waals surface area contributed by atoms with Crippen LogP contribution in [0.1, 0.15) is 23.2 Å². The lowest BCUT2D eigenvalue weighted by Crippen LogP contribution is -2.48. The summed E-state index contributed by atoms with van der Waals surface area (Å²) in [5.74, 6) is 0.730. The minimum atomic E-state index is 0.00344. The Morgan fingerprint density at radius 2 is 1.62 bits per heavy atom. The number of carbonyl (C=O) groups is 1. The molecule has 2 saturated heterocycles. The number of halogens is 1. The number of hydrogen-bond donors (Lipinski definition) is 0. The zero-order valence-corrected chi connectivity index (χ0v) is 15.4.